The van der Waals surface area contributed by atoms with Crippen molar-refractivity contribution in [3.05, 3.63) is 35.8 Å². The first kappa shape index (κ1) is 16.4. The summed E-state index contributed by atoms with van der Waals surface area (Å²) in [6.07, 6.45) is -1.72. The Balaban J connectivity index is 1.75. The highest BCUT2D eigenvalue weighted by atomic mass is 19.4. The molecule has 0 radical (unpaired) electrons. The van der Waals surface area contributed by atoms with Crippen LogP contribution >= 0.6 is 0 Å². The van der Waals surface area contributed by atoms with Crippen LogP contribution in [0.2, 0.25) is 0 Å². The van der Waals surface area contributed by atoms with Gasteiger partial charge in [-0.05, 0) is 18.6 Å². The highest BCUT2D eigenvalue weighted by Crippen LogP contribution is 2.28. The van der Waals surface area contributed by atoms with Gasteiger partial charge in [0.1, 0.15) is 0 Å². The van der Waals surface area contributed by atoms with E-state index in [1.54, 1.807) is 4.90 Å². The summed E-state index contributed by atoms with van der Waals surface area (Å²) in [5.41, 5.74) is -0.787. The fourth-order valence-corrected chi connectivity index (χ4v) is 2.49. The van der Waals surface area contributed by atoms with E-state index in [1.807, 2.05) is 0 Å². The summed E-state index contributed by atoms with van der Waals surface area (Å²) >= 11 is 0. The predicted octanol–water partition coefficient (Wildman–Crippen LogP) is 1.14. The summed E-state index contributed by atoms with van der Waals surface area (Å²) in [7, 11) is 0. The molecule has 10 heteroatoms. The van der Waals surface area contributed by atoms with Gasteiger partial charge in [0, 0.05) is 31.8 Å². The van der Waals surface area contributed by atoms with Crippen LogP contribution in [-0.2, 0) is 6.18 Å². The zero-order valence-electron chi connectivity index (χ0n) is 12.4. The molecule has 1 atom stereocenters. The van der Waals surface area contributed by atoms with Crippen LogP contribution in [0.25, 0.3) is 5.82 Å². The second-order valence-electron chi connectivity index (χ2n) is 5.54. The Morgan fingerprint density at radius 1 is 1.38 bits per heavy atom. The van der Waals surface area contributed by atoms with Gasteiger partial charge in [0.05, 0.1) is 11.8 Å². The molecule has 3 rings (SSSR count). The average molecular weight is 341 g/mol. The van der Waals surface area contributed by atoms with E-state index >= 15 is 0 Å². The van der Waals surface area contributed by atoms with Crippen molar-refractivity contribution in [2.24, 2.45) is 5.92 Å². The van der Waals surface area contributed by atoms with E-state index in [9.17, 15) is 18.0 Å². The van der Waals surface area contributed by atoms with Gasteiger partial charge in [0.2, 0.25) is 0 Å². The Bertz CT molecular complexity index is 729. The van der Waals surface area contributed by atoms with Gasteiger partial charge >= 0.3 is 6.18 Å². The number of aromatic nitrogens is 4. The van der Waals surface area contributed by atoms with Gasteiger partial charge in [-0.2, -0.15) is 13.2 Å². The van der Waals surface area contributed by atoms with E-state index < -0.39 is 11.7 Å². The third kappa shape index (κ3) is 3.23. The lowest BCUT2D eigenvalue weighted by Gasteiger charge is -2.13. The molecule has 0 spiro atoms. The lowest BCUT2D eigenvalue weighted by molar-refractivity contribution is -0.137. The monoisotopic (exact) mass is 341 g/mol. The first-order chi connectivity index (χ1) is 11.4. The molecule has 2 aromatic rings. The van der Waals surface area contributed by atoms with Gasteiger partial charge in [-0.1, -0.05) is 5.21 Å². The van der Waals surface area contributed by atoms with Crippen LogP contribution in [0.15, 0.2) is 24.5 Å². The molecule has 0 aromatic carbocycles. The van der Waals surface area contributed by atoms with Gasteiger partial charge in [-0.15, -0.1) is 5.10 Å². The van der Waals surface area contributed by atoms with Crippen molar-refractivity contribution in [2.45, 2.75) is 12.6 Å². The van der Waals surface area contributed by atoms with E-state index in [-0.39, 0.29) is 29.9 Å². The summed E-state index contributed by atoms with van der Waals surface area (Å²) < 4.78 is 38.7. The van der Waals surface area contributed by atoms with Crippen molar-refractivity contribution in [1.82, 2.24) is 24.9 Å². The van der Waals surface area contributed by atoms with E-state index in [4.69, 9.17) is 5.11 Å². The molecule has 1 saturated heterocycles. The zero-order valence-corrected chi connectivity index (χ0v) is 12.4. The number of likely N-dealkylation sites (tertiary alicyclic amines) is 1. The van der Waals surface area contributed by atoms with E-state index in [0.717, 1.165) is 23.2 Å². The summed E-state index contributed by atoms with van der Waals surface area (Å²) in [5.74, 6) is -0.145. The number of carbonyl (C=O) groups excluding carboxylic acids is 1. The quantitative estimate of drug-likeness (QED) is 0.905. The average Bonchev–Trinajstić information content (AvgIpc) is 3.23. The van der Waals surface area contributed by atoms with Crippen LogP contribution in [0.1, 0.15) is 22.5 Å². The first-order valence-corrected chi connectivity index (χ1v) is 7.24. The number of aliphatic hydroxyl groups excluding tert-OH is 1. The van der Waals surface area contributed by atoms with E-state index in [0.29, 0.717) is 19.3 Å². The Labute approximate surface area is 134 Å². The van der Waals surface area contributed by atoms with Gasteiger partial charge in [-0.25, -0.2) is 9.67 Å². The van der Waals surface area contributed by atoms with Gasteiger partial charge in [0.15, 0.2) is 11.5 Å². The fourth-order valence-electron chi connectivity index (χ4n) is 2.49. The van der Waals surface area contributed by atoms with Crippen LogP contribution in [0.3, 0.4) is 0 Å². The minimum atomic E-state index is -4.46. The van der Waals surface area contributed by atoms with E-state index in [2.05, 4.69) is 15.3 Å². The number of alkyl halides is 3. The number of carbonyl (C=O) groups is 1. The maximum absolute atomic E-state index is 12.5. The number of rotatable bonds is 3. The summed E-state index contributed by atoms with van der Waals surface area (Å²) in [5, 5.41) is 16.6. The second-order valence-corrected chi connectivity index (χ2v) is 5.54. The van der Waals surface area contributed by atoms with Crippen LogP contribution < -0.4 is 0 Å². The van der Waals surface area contributed by atoms with Crippen molar-refractivity contribution < 1.29 is 23.1 Å². The molecule has 0 aliphatic carbocycles. The molecule has 3 heterocycles. The SMILES string of the molecule is O=C(c1cn(-c2ccc(C(F)(F)F)cn2)nn1)N1CCC(CO)C1. The molecule has 24 heavy (non-hydrogen) atoms. The predicted molar refractivity (Wildman–Crippen MR) is 75.3 cm³/mol. The second kappa shape index (κ2) is 6.19. The van der Waals surface area contributed by atoms with Crippen LogP contribution in [0.5, 0.6) is 0 Å². The number of amides is 1. The minimum Gasteiger partial charge on any atom is -0.396 e. The van der Waals surface area contributed by atoms with Crippen molar-refractivity contribution in [3.63, 3.8) is 0 Å². The van der Waals surface area contributed by atoms with Gasteiger partial charge in [-0.3, -0.25) is 4.79 Å². The molecule has 7 nitrogen and oxygen atoms in total. The normalized spacial score (nSPS) is 18.2. The smallest absolute Gasteiger partial charge is 0.396 e. The number of pyridine rings is 1. The van der Waals surface area contributed by atoms with Crippen LogP contribution in [0, 0.1) is 5.92 Å². The number of aliphatic hydroxyl groups is 1. The topological polar surface area (TPSA) is 84.1 Å². The number of hydrogen-bond donors (Lipinski definition) is 1. The molecule has 0 saturated carbocycles. The fraction of sp³-hybridized carbons (Fsp3) is 0.429. The third-order valence-electron chi connectivity index (χ3n) is 3.85. The van der Waals surface area contributed by atoms with Crippen molar-refractivity contribution in [3.8, 4) is 5.82 Å². The number of hydrogen-bond acceptors (Lipinski definition) is 5. The Morgan fingerprint density at radius 2 is 2.17 bits per heavy atom. The molecule has 2 aromatic heterocycles. The molecule has 1 N–H and O–H groups in total. The van der Waals surface area contributed by atoms with Crippen molar-refractivity contribution >= 4 is 5.91 Å². The largest absolute Gasteiger partial charge is 0.417 e. The number of halogens is 3. The van der Waals surface area contributed by atoms with Gasteiger partial charge < -0.3 is 10.0 Å². The molecule has 1 fully saturated rings. The Kier molecular flexibility index (Phi) is 4.22. The molecule has 0 bridgehead atoms. The van der Waals surface area contributed by atoms with Crippen LogP contribution in [0.4, 0.5) is 13.2 Å². The maximum Gasteiger partial charge on any atom is 0.417 e. The lowest BCUT2D eigenvalue weighted by Crippen LogP contribution is -2.29. The third-order valence-corrected chi connectivity index (χ3v) is 3.85. The van der Waals surface area contributed by atoms with Crippen LogP contribution in [-0.4, -0.2) is 55.6 Å². The molecule has 1 amide bonds. The highest BCUT2D eigenvalue weighted by Gasteiger charge is 2.31. The summed E-state index contributed by atoms with van der Waals surface area (Å²) in [4.78, 5) is 17.6. The van der Waals surface area contributed by atoms with Crippen molar-refractivity contribution in [1.29, 1.82) is 0 Å². The standard InChI is InChI=1S/C14H14F3N5O2/c15-14(16,17)10-1-2-12(18-5-10)22-7-11(19-20-22)13(24)21-4-3-9(6-21)8-23/h1-2,5,7,9,23H,3-4,6,8H2. The maximum atomic E-state index is 12.5. The minimum absolute atomic E-state index is 0.0198. The molecular weight excluding hydrogens is 327 g/mol. The Morgan fingerprint density at radius 3 is 2.75 bits per heavy atom. The van der Waals surface area contributed by atoms with Gasteiger partial charge in [0.25, 0.3) is 5.91 Å². The first-order valence-electron chi connectivity index (χ1n) is 7.24. The molecule has 1 aliphatic heterocycles. The molecule has 1 aliphatic rings. The van der Waals surface area contributed by atoms with Crippen molar-refractivity contribution in [2.75, 3.05) is 19.7 Å². The Hall–Kier alpha value is -2.49. The molecular formula is C14H14F3N5O2. The molecule has 128 valence electrons. The zero-order chi connectivity index (χ0) is 17.3. The highest BCUT2D eigenvalue weighted by molar-refractivity contribution is 5.92. The van der Waals surface area contributed by atoms with E-state index in [1.165, 1.54) is 6.20 Å². The summed E-state index contributed by atoms with van der Waals surface area (Å²) in [6.45, 7) is 0.988. The summed E-state index contributed by atoms with van der Waals surface area (Å²) in [6, 6.07) is 2.04. The molecule has 1 unspecified atom stereocenters. The lowest BCUT2D eigenvalue weighted by atomic mass is 10.1. The number of nitrogens with zero attached hydrogens (tertiary/aromatic N) is 5.